The van der Waals surface area contributed by atoms with Crippen LogP contribution in [0.2, 0.25) is 0 Å². The third-order valence-electron chi connectivity index (χ3n) is 9.53. The van der Waals surface area contributed by atoms with Crippen molar-refractivity contribution in [3.05, 3.63) is 176 Å². The predicted octanol–water partition coefficient (Wildman–Crippen LogP) is 12.7. The lowest BCUT2D eigenvalue weighted by Gasteiger charge is -2.19. The molecule has 0 spiro atoms. The molecule has 1 nitrogen and oxygen atoms in total. The second kappa shape index (κ2) is 11.1. The molecule has 0 saturated carbocycles. The van der Waals surface area contributed by atoms with Crippen LogP contribution in [0, 0.1) is 6.92 Å². The highest BCUT2D eigenvalue weighted by Crippen LogP contribution is 2.45. The molecule has 9 rings (SSSR count). The fourth-order valence-corrected chi connectivity index (χ4v) is 7.20. The summed E-state index contributed by atoms with van der Waals surface area (Å²) >= 11 is 0. The Bertz CT molecular complexity index is 2630. The molecule has 0 amide bonds. The van der Waals surface area contributed by atoms with Gasteiger partial charge in [0.05, 0.1) is 5.69 Å². The lowest BCUT2D eigenvalue weighted by atomic mass is 9.84. The van der Waals surface area contributed by atoms with Gasteiger partial charge < -0.3 is 0 Å². The predicted molar refractivity (Wildman–Crippen MR) is 201 cm³/mol. The Morgan fingerprint density at radius 3 is 1.45 bits per heavy atom. The van der Waals surface area contributed by atoms with Gasteiger partial charge in [0.1, 0.15) is 0 Å². The van der Waals surface area contributed by atoms with Crippen LogP contribution < -0.4 is 0 Å². The monoisotopic (exact) mass is 597 g/mol. The minimum absolute atomic E-state index is 1.00. The molecule has 0 saturated heterocycles. The Morgan fingerprint density at radius 2 is 0.830 bits per heavy atom. The van der Waals surface area contributed by atoms with E-state index in [0.29, 0.717) is 0 Å². The van der Waals surface area contributed by atoms with Crippen molar-refractivity contribution < 1.29 is 0 Å². The first kappa shape index (κ1) is 27.3. The van der Waals surface area contributed by atoms with E-state index >= 15 is 0 Å². The van der Waals surface area contributed by atoms with Crippen LogP contribution in [0.15, 0.2) is 170 Å². The van der Waals surface area contributed by atoms with Gasteiger partial charge in [0, 0.05) is 11.8 Å². The van der Waals surface area contributed by atoms with E-state index in [0.717, 1.165) is 11.3 Å². The van der Waals surface area contributed by atoms with Crippen molar-refractivity contribution in [2.75, 3.05) is 0 Å². The van der Waals surface area contributed by atoms with Crippen LogP contribution >= 0.6 is 0 Å². The van der Waals surface area contributed by atoms with Crippen molar-refractivity contribution in [2.24, 2.45) is 0 Å². The molecule has 0 aliphatic rings. The third kappa shape index (κ3) is 4.76. The fourth-order valence-electron chi connectivity index (χ4n) is 7.20. The van der Waals surface area contributed by atoms with Crippen molar-refractivity contribution in [1.29, 1.82) is 0 Å². The van der Waals surface area contributed by atoms with E-state index in [-0.39, 0.29) is 0 Å². The zero-order valence-corrected chi connectivity index (χ0v) is 26.1. The summed E-state index contributed by atoms with van der Waals surface area (Å²) in [5.74, 6) is 0. The van der Waals surface area contributed by atoms with Gasteiger partial charge in [-0.15, -0.1) is 0 Å². The van der Waals surface area contributed by atoms with E-state index in [1.54, 1.807) is 0 Å². The van der Waals surface area contributed by atoms with Gasteiger partial charge in [0.2, 0.25) is 0 Å². The minimum atomic E-state index is 1.00. The van der Waals surface area contributed by atoms with Gasteiger partial charge in [-0.1, -0.05) is 133 Å². The van der Waals surface area contributed by atoms with Crippen LogP contribution in [0.5, 0.6) is 0 Å². The largest absolute Gasteiger partial charge is 0.256 e. The number of rotatable bonds is 4. The molecule has 1 heteroatoms. The number of hydrogen-bond donors (Lipinski definition) is 0. The normalized spacial score (nSPS) is 11.5. The maximum atomic E-state index is 4.61. The highest BCUT2D eigenvalue weighted by atomic mass is 14.7. The summed E-state index contributed by atoms with van der Waals surface area (Å²) in [5.41, 5.74) is 10.7. The van der Waals surface area contributed by atoms with Crippen LogP contribution in [-0.2, 0) is 0 Å². The van der Waals surface area contributed by atoms with Crippen LogP contribution in [0.25, 0.3) is 87.7 Å². The smallest absolute Gasteiger partial charge is 0.0704 e. The lowest BCUT2D eigenvalue weighted by molar-refractivity contribution is 1.29. The van der Waals surface area contributed by atoms with Crippen LogP contribution in [0.3, 0.4) is 0 Å². The molecule has 0 bridgehead atoms. The average Bonchev–Trinajstić information content (AvgIpc) is 3.13. The van der Waals surface area contributed by atoms with E-state index in [2.05, 4.69) is 170 Å². The highest BCUT2D eigenvalue weighted by molar-refractivity contribution is 6.22. The lowest BCUT2D eigenvalue weighted by Crippen LogP contribution is -1.92. The molecule has 0 radical (unpaired) electrons. The summed E-state index contributed by atoms with van der Waals surface area (Å²) in [4.78, 5) is 4.61. The maximum Gasteiger partial charge on any atom is 0.0704 e. The third-order valence-corrected chi connectivity index (χ3v) is 9.53. The Balaban J connectivity index is 1.32. The van der Waals surface area contributed by atoms with Gasteiger partial charge in [-0.05, 0) is 119 Å². The molecule has 0 atom stereocenters. The molecular weight excluding hydrogens is 567 g/mol. The first-order valence-electron chi connectivity index (χ1n) is 16.2. The Hall–Kier alpha value is -6.05. The van der Waals surface area contributed by atoms with Crippen LogP contribution in [0.1, 0.15) is 5.56 Å². The van der Waals surface area contributed by atoms with E-state index in [9.17, 15) is 0 Å². The van der Waals surface area contributed by atoms with Gasteiger partial charge in [-0.2, -0.15) is 0 Å². The summed E-state index contributed by atoms with van der Waals surface area (Å²) in [6, 6.07) is 60.0. The summed E-state index contributed by atoms with van der Waals surface area (Å²) in [7, 11) is 0. The van der Waals surface area contributed by atoms with Gasteiger partial charge in [-0.3, -0.25) is 4.98 Å². The second-order valence-electron chi connectivity index (χ2n) is 12.5. The summed E-state index contributed by atoms with van der Waals surface area (Å²) < 4.78 is 0. The first-order chi connectivity index (χ1) is 23.2. The van der Waals surface area contributed by atoms with Crippen molar-refractivity contribution >= 4 is 43.1 Å². The van der Waals surface area contributed by atoms with Crippen molar-refractivity contribution in [3.63, 3.8) is 0 Å². The molecule has 1 heterocycles. The van der Waals surface area contributed by atoms with E-state index < -0.39 is 0 Å². The number of aryl methyl sites for hydroxylation is 1. The Morgan fingerprint density at radius 1 is 0.340 bits per heavy atom. The van der Waals surface area contributed by atoms with Crippen molar-refractivity contribution in [2.45, 2.75) is 6.92 Å². The summed E-state index contributed by atoms with van der Waals surface area (Å²) in [6.45, 7) is 2.11. The number of benzene rings is 8. The molecule has 0 aliphatic heterocycles. The Kier molecular flexibility index (Phi) is 6.43. The SMILES string of the molecule is Cc1ccnc(-c2ccc(-c3ccc4c(-c5ccc6ccccc6c5)c5ccccc5c(-c5ccc6ccccc6c5)c4c3)cc2)c1. The van der Waals surface area contributed by atoms with Crippen molar-refractivity contribution in [3.8, 4) is 44.6 Å². The number of fused-ring (bicyclic) bond motifs is 4. The molecular formula is C46H31N. The van der Waals surface area contributed by atoms with Gasteiger partial charge in [0.15, 0.2) is 0 Å². The number of aromatic nitrogens is 1. The van der Waals surface area contributed by atoms with Crippen molar-refractivity contribution in [1.82, 2.24) is 4.98 Å². The summed E-state index contributed by atoms with van der Waals surface area (Å²) in [5, 5.41) is 10.0. The number of hydrogen-bond acceptors (Lipinski definition) is 1. The molecule has 0 unspecified atom stereocenters. The average molecular weight is 598 g/mol. The van der Waals surface area contributed by atoms with E-state index in [4.69, 9.17) is 0 Å². The Labute approximate surface area is 274 Å². The van der Waals surface area contributed by atoms with E-state index in [1.807, 2.05) is 12.3 Å². The standard InChI is InChI=1S/C46H31N/c1-30-24-25-47-44(26-30)34-18-14-33(15-19-34)37-22-23-42-43(29-37)46(39-21-17-32-9-3-5-11-36(32)28-39)41-13-7-6-12-40(41)45(42)38-20-16-31-8-2-4-10-35(31)27-38/h2-29H,1H3. The zero-order chi connectivity index (χ0) is 31.3. The fraction of sp³-hybridized carbons (Fsp3) is 0.0217. The van der Waals surface area contributed by atoms with Gasteiger partial charge in [0.25, 0.3) is 0 Å². The van der Waals surface area contributed by atoms with Crippen LogP contribution in [0.4, 0.5) is 0 Å². The van der Waals surface area contributed by atoms with Gasteiger partial charge >= 0.3 is 0 Å². The maximum absolute atomic E-state index is 4.61. The molecule has 0 fully saturated rings. The molecule has 47 heavy (non-hydrogen) atoms. The summed E-state index contributed by atoms with van der Waals surface area (Å²) in [6.07, 6.45) is 1.88. The number of nitrogens with zero attached hydrogens (tertiary/aromatic N) is 1. The number of pyridine rings is 1. The topological polar surface area (TPSA) is 12.9 Å². The van der Waals surface area contributed by atoms with Gasteiger partial charge in [-0.25, -0.2) is 0 Å². The molecule has 0 N–H and O–H groups in total. The second-order valence-corrected chi connectivity index (χ2v) is 12.5. The quantitative estimate of drug-likeness (QED) is 0.184. The molecule has 0 aliphatic carbocycles. The van der Waals surface area contributed by atoms with E-state index in [1.165, 1.54) is 82.0 Å². The zero-order valence-electron chi connectivity index (χ0n) is 26.1. The first-order valence-corrected chi connectivity index (χ1v) is 16.2. The molecule has 1 aromatic heterocycles. The molecule has 9 aromatic rings. The minimum Gasteiger partial charge on any atom is -0.256 e. The molecule has 220 valence electrons. The van der Waals surface area contributed by atoms with Crippen LogP contribution in [-0.4, -0.2) is 4.98 Å². The molecule has 8 aromatic carbocycles. The highest BCUT2D eigenvalue weighted by Gasteiger charge is 2.18.